The smallest absolute Gasteiger partial charge is 0.223 e. The quantitative estimate of drug-likeness (QED) is 0.797. The van der Waals surface area contributed by atoms with Gasteiger partial charge in [-0.3, -0.25) is 9.59 Å². The minimum Gasteiger partial charge on any atom is -0.356 e. The van der Waals surface area contributed by atoms with Crippen LogP contribution in [0.3, 0.4) is 0 Å². The van der Waals surface area contributed by atoms with E-state index in [0.29, 0.717) is 24.6 Å². The van der Waals surface area contributed by atoms with E-state index in [1.807, 2.05) is 0 Å². The summed E-state index contributed by atoms with van der Waals surface area (Å²) in [5.41, 5.74) is 0.626. The van der Waals surface area contributed by atoms with Crippen LogP contribution in [0.4, 0.5) is 4.39 Å². The van der Waals surface area contributed by atoms with Gasteiger partial charge >= 0.3 is 0 Å². The monoisotopic (exact) mass is 374 g/mol. The first-order valence-electron chi connectivity index (χ1n) is 10.4. The summed E-state index contributed by atoms with van der Waals surface area (Å²) in [5, 5.41) is 6.15. The summed E-state index contributed by atoms with van der Waals surface area (Å²) < 4.78 is 13.6. The lowest BCUT2D eigenvalue weighted by atomic mass is 9.81. The van der Waals surface area contributed by atoms with Crippen LogP contribution in [0.1, 0.15) is 63.4 Å². The van der Waals surface area contributed by atoms with E-state index < -0.39 is 0 Å². The molecule has 0 heterocycles. The normalized spacial score (nSPS) is 23.6. The van der Waals surface area contributed by atoms with E-state index in [2.05, 4.69) is 10.6 Å². The van der Waals surface area contributed by atoms with Crippen LogP contribution in [-0.2, 0) is 16.0 Å². The maximum Gasteiger partial charge on any atom is 0.223 e. The first kappa shape index (κ1) is 19.8. The molecule has 2 N–H and O–H groups in total. The number of hydrogen-bond donors (Lipinski definition) is 2. The van der Waals surface area contributed by atoms with Gasteiger partial charge in [0.1, 0.15) is 5.82 Å². The molecular formula is C22H31FN2O2. The van der Waals surface area contributed by atoms with E-state index in [9.17, 15) is 14.0 Å². The second-order valence-electron chi connectivity index (χ2n) is 8.02. The Bertz CT molecular complexity index is 635. The van der Waals surface area contributed by atoms with Crippen LogP contribution in [0.5, 0.6) is 0 Å². The van der Waals surface area contributed by atoms with Crippen molar-refractivity contribution in [2.75, 3.05) is 6.54 Å². The van der Waals surface area contributed by atoms with E-state index >= 15 is 0 Å². The fourth-order valence-electron chi connectivity index (χ4n) is 4.35. The molecule has 0 atom stereocenters. The standard InChI is InChI=1S/C22H31FN2O2/c23-20-9-5-4-6-16(20)14-15-24-21(26)17-10-12-18(13-11-17)22(27)25-19-7-2-1-3-8-19/h4-6,9,17-19H,1-3,7-8,10-15H2,(H,24,26)(H,25,27). The third-order valence-corrected chi connectivity index (χ3v) is 6.07. The average Bonchev–Trinajstić information content (AvgIpc) is 2.70. The molecule has 2 aliphatic carbocycles. The molecule has 27 heavy (non-hydrogen) atoms. The third kappa shape index (κ3) is 5.78. The Labute approximate surface area is 161 Å². The van der Waals surface area contributed by atoms with Gasteiger partial charge in [0.2, 0.25) is 11.8 Å². The van der Waals surface area contributed by atoms with Gasteiger partial charge in [-0.1, -0.05) is 37.5 Å². The van der Waals surface area contributed by atoms with E-state index in [0.717, 1.165) is 38.5 Å². The third-order valence-electron chi connectivity index (χ3n) is 6.07. The highest BCUT2D eigenvalue weighted by molar-refractivity contribution is 5.81. The molecule has 0 aliphatic heterocycles. The van der Waals surface area contributed by atoms with Gasteiger partial charge in [0.05, 0.1) is 0 Å². The van der Waals surface area contributed by atoms with Crippen molar-refractivity contribution < 1.29 is 14.0 Å². The van der Waals surface area contributed by atoms with Crippen LogP contribution in [0.25, 0.3) is 0 Å². The van der Waals surface area contributed by atoms with Gasteiger partial charge in [0, 0.05) is 24.4 Å². The van der Waals surface area contributed by atoms with Crippen LogP contribution < -0.4 is 10.6 Å². The summed E-state index contributed by atoms with van der Waals surface area (Å²) in [6.45, 7) is 0.446. The highest BCUT2D eigenvalue weighted by Gasteiger charge is 2.30. The Morgan fingerprint density at radius 1 is 0.889 bits per heavy atom. The molecule has 1 aromatic carbocycles. The summed E-state index contributed by atoms with van der Waals surface area (Å²) in [4.78, 5) is 24.8. The van der Waals surface area contributed by atoms with Gasteiger partial charge in [-0.05, 0) is 56.6 Å². The van der Waals surface area contributed by atoms with Crippen LogP contribution in [0.15, 0.2) is 24.3 Å². The molecule has 2 fully saturated rings. The van der Waals surface area contributed by atoms with Gasteiger partial charge < -0.3 is 10.6 Å². The topological polar surface area (TPSA) is 58.2 Å². The van der Waals surface area contributed by atoms with Gasteiger partial charge in [-0.2, -0.15) is 0 Å². The van der Waals surface area contributed by atoms with Crippen LogP contribution in [0, 0.1) is 17.7 Å². The fraction of sp³-hybridized carbons (Fsp3) is 0.636. The van der Waals surface area contributed by atoms with Gasteiger partial charge in [0.15, 0.2) is 0 Å². The van der Waals surface area contributed by atoms with Crippen LogP contribution >= 0.6 is 0 Å². The predicted octanol–water partition coefficient (Wildman–Crippen LogP) is 3.74. The molecule has 1 aromatic rings. The van der Waals surface area contributed by atoms with E-state index in [-0.39, 0.29) is 29.5 Å². The first-order valence-corrected chi connectivity index (χ1v) is 10.4. The van der Waals surface area contributed by atoms with Crippen molar-refractivity contribution in [3.05, 3.63) is 35.6 Å². The first-order chi connectivity index (χ1) is 13.1. The molecule has 2 saturated carbocycles. The van der Waals surface area contributed by atoms with E-state index in [1.165, 1.54) is 25.3 Å². The summed E-state index contributed by atoms with van der Waals surface area (Å²) in [5.74, 6) is 0.0211. The number of amides is 2. The van der Waals surface area contributed by atoms with Crippen molar-refractivity contribution in [1.29, 1.82) is 0 Å². The lowest BCUT2D eigenvalue weighted by molar-refractivity contribution is -0.131. The molecule has 2 aliphatic rings. The molecule has 4 nitrogen and oxygen atoms in total. The zero-order valence-corrected chi connectivity index (χ0v) is 16.0. The van der Waals surface area contributed by atoms with Crippen LogP contribution in [-0.4, -0.2) is 24.4 Å². The molecule has 0 saturated heterocycles. The molecule has 148 valence electrons. The zero-order valence-electron chi connectivity index (χ0n) is 16.0. The lowest BCUT2D eigenvalue weighted by Crippen LogP contribution is -2.42. The number of nitrogens with one attached hydrogen (secondary N) is 2. The molecule has 0 spiro atoms. The van der Waals surface area contributed by atoms with E-state index in [4.69, 9.17) is 0 Å². The molecule has 0 bridgehead atoms. The van der Waals surface area contributed by atoms with Crippen molar-refractivity contribution in [2.45, 2.75) is 70.3 Å². The van der Waals surface area contributed by atoms with Crippen molar-refractivity contribution in [2.24, 2.45) is 11.8 Å². The Morgan fingerprint density at radius 3 is 2.19 bits per heavy atom. The summed E-state index contributed by atoms with van der Waals surface area (Å²) >= 11 is 0. The van der Waals surface area contributed by atoms with Crippen molar-refractivity contribution in [3.8, 4) is 0 Å². The van der Waals surface area contributed by atoms with Crippen LogP contribution in [0.2, 0.25) is 0 Å². The van der Waals surface area contributed by atoms with Gasteiger partial charge in [-0.25, -0.2) is 4.39 Å². The highest BCUT2D eigenvalue weighted by atomic mass is 19.1. The summed E-state index contributed by atoms with van der Waals surface area (Å²) in [6.07, 6.45) is 9.49. The second kappa shape index (κ2) is 9.86. The van der Waals surface area contributed by atoms with Gasteiger partial charge in [-0.15, -0.1) is 0 Å². The molecule has 0 radical (unpaired) electrons. The molecule has 0 unspecified atom stereocenters. The zero-order chi connectivity index (χ0) is 19.1. The maximum absolute atomic E-state index is 13.6. The number of carbonyl (C=O) groups excluding carboxylic acids is 2. The van der Waals surface area contributed by atoms with Crippen molar-refractivity contribution in [1.82, 2.24) is 10.6 Å². The Balaban J connectivity index is 1.36. The van der Waals surface area contributed by atoms with Crippen molar-refractivity contribution >= 4 is 11.8 Å². The number of rotatable bonds is 6. The maximum atomic E-state index is 13.6. The number of hydrogen-bond acceptors (Lipinski definition) is 2. The summed E-state index contributed by atoms with van der Waals surface area (Å²) in [7, 11) is 0. The minimum atomic E-state index is -0.226. The molecule has 0 aromatic heterocycles. The second-order valence-corrected chi connectivity index (χ2v) is 8.02. The van der Waals surface area contributed by atoms with Crippen molar-refractivity contribution in [3.63, 3.8) is 0 Å². The Morgan fingerprint density at radius 2 is 1.52 bits per heavy atom. The molecule has 5 heteroatoms. The number of benzene rings is 1. The average molecular weight is 375 g/mol. The molecule has 2 amide bonds. The Kier molecular flexibility index (Phi) is 7.25. The minimum absolute atomic E-state index is 0.0237. The summed E-state index contributed by atoms with van der Waals surface area (Å²) in [6, 6.07) is 7.01. The Hall–Kier alpha value is -1.91. The molecule has 3 rings (SSSR count). The highest BCUT2D eigenvalue weighted by Crippen LogP contribution is 2.29. The predicted molar refractivity (Wildman–Crippen MR) is 104 cm³/mol. The number of halogens is 1. The van der Waals surface area contributed by atoms with E-state index in [1.54, 1.807) is 18.2 Å². The largest absolute Gasteiger partial charge is 0.356 e. The lowest BCUT2D eigenvalue weighted by Gasteiger charge is -2.29. The van der Waals surface area contributed by atoms with Gasteiger partial charge in [0.25, 0.3) is 0 Å². The molecular weight excluding hydrogens is 343 g/mol. The SMILES string of the molecule is O=C(NCCc1ccccc1F)C1CCC(C(=O)NC2CCCCC2)CC1. The fourth-order valence-corrected chi connectivity index (χ4v) is 4.35. The number of carbonyl (C=O) groups is 2.